The molecule has 3 atom stereocenters. The van der Waals surface area contributed by atoms with Crippen LogP contribution in [0.2, 0.25) is 0 Å². The second-order valence-electron chi connectivity index (χ2n) is 8.23. The number of ether oxygens (including phenoxy) is 2. The van der Waals surface area contributed by atoms with E-state index in [0.29, 0.717) is 18.3 Å². The highest BCUT2D eigenvalue weighted by Crippen LogP contribution is 2.17. The van der Waals surface area contributed by atoms with Gasteiger partial charge in [0.25, 0.3) is 0 Å². The summed E-state index contributed by atoms with van der Waals surface area (Å²) in [4.78, 5) is 6.81. The summed E-state index contributed by atoms with van der Waals surface area (Å²) in [5, 5.41) is 9.59. The van der Waals surface area contributed by atoms with Crippen molar-refractivity contribution in [2.75, 3.05) is 45.3 Å². The Balaban J connectivity index is 0.000000303. The van der Waals surface area contributed by atoms with Crippen LogP contribution in [0.25, 0.3) is 0 Å². The first kappa shape index (κ1) is 27.4. The molecular formula is C24H44N2O3S. The smallest absolute Gasteiger partial charge is 0.0863 e. The molecule has 0 radical (unpaired) electrons. The van der Waals surface area contributed by atoms with Crippen LogP contribution in [-0.4, -0.2) is 72.4 Å². The summed E-state index contributed by atoms with van der Waals surface area (Å²) >= 11 is 1.68. The highest BCUT2D eigenvalue weighted by Gasteiger charge is 2.21. The van der Waals surface area contributed by atoms with Crippen LogP contribution in [0.3, 0.4) is 0 Å². The Morgan fingerprint density at radius 1 is 1.20 bits per heavy atom. The van der Waals surface area contributed by atoms with E-state index in [9.17, 15) is 5.11 Å². The van der Waals surface area contributed by atoms with Gasteiger partial charge in [0.2, 0.25) is 0 Å². The molecule has 1 aliphatic heterocycles. The summed E-state index contributed by atoms with van der Waals surface area (Å²) in [6.07, 6.45) is 6.30. The third-order valence-electron chi connectivity index (χ3n) is 4.93. The SMILES string of the molecule is CCCOCC(C)CN1CCC[C@H]1C.CCCOCC(O)CSCc1ccccn1. The Hall–Kier alpha value is -0.660. The predicted molar refractivity (Wildman–Crippen MR) is 128 cm³/mol. The lowest BCUT2D eigenvalue weighted by Crippen LogP contribution is -2.32. The summed E-state index contributed by atoms with van der Waals surface area (Å²) in [5.41, 5.74) is 1.05. The molecule has 0 amide bonds. The van der Waals surface area contributed by atoms with E-state index in [0.717, 1.165) is 50.2 Å². The first-order valence-electron chi connectivity index (χ1n) is 11.6. The van der Waals surface area contributed by atoms with E-state index in [2.05, 4.69) is 37.6 Å². The summed E-state index contributed by atoms with van der Waals surface area (Å²) in [5.74, 6) is 2.22. The number of thioether (sulfide) groups is 1. The molecule has 1 aliphatic rings. The Morgan fingerprint density at radius 2 is 1.93 bits per heavy atom. The molecule has 1 aromatic rings. The van der Waals surface area contributed by atoms with Gasteiger partial charge in [-0.1, -0.05) is 26.8 Å². The topological polar surface area (TPSA) is 54.8 Å². The molecule has 0 spiro atoms. The number of nitrogens with zero attached hydrogens (tertiary/aromatic N) is 2. The number of aliphatic hydroxyl groups is 1. The van der Waals surface area contributed by atoms with Gasteiger partial charge in [-0.05, 0) is 57.2 Å². The lowest BCUT2D eigenvalue weighted by Gasteiger charge is -2.24. The zero-order chi connectivity index (χ0) is 22.0. The highest BCUT2D eigenvalue weighted by atomic mass is 32.2. The van der Waals surface area contributed by atoms with Crippen LogP contribution in [-0.2, 0) is 15.2 Å². The monoisotopic (exact) mass is 440 g/mol. The summed E-state index contributed by atoms with van der Waals surface area (Å²) < 4.78 is 10.8. The van der Waals surface area contributed by atoms with Crippen LogP contribution in [0.1, 0.15) is 59.1 Å². The minimum absolute atomic E-state index is 0.375. The number of hydrogen-bond donors (Lipinski definition) is 1. The third kappa shape index (κ3) is 13.6. The van der Waals surface area contributed by atoms with Crippen LogP contribution in [0.4, 0.5) is 0 Å². The van der Waals surface area contributed by atoms with Gasteiger partial charge in [-0.3, -0.25) is 4.98 Å². The average Bonchev–Trinajstić information content (AvgIpc) is 3.14. The number of hydrogen-bond acceptors (Lipinski definition) is 6. The van der Waals surface area contributed by atoms with Crippen molar-refractivity contribution in [3.05, 3.63) is 30.1 Å². The zero-order valence-electron chi connectivity index (χ0n) is 19.6. The normalized spacial score (nSPS) is 18.6. The van der Waals surface area contributed by atoms with Crippen LogP contribution < -0.4 is 0 Å². The van der Waals surface area contributed by atoms with E-state index in [1.165, 1.54) is 25.9 Å². The maximum atomic E-state index is 9.59. The molecule has 1 aromatic heterocycles. The maximum Gasteiger partial charge on any atom is 0.0863 e. The molecule has 5 nitrogen and oxygen atoms in total. The molecule has 1 N–H and O–H groups in total. The van der Waals surface area contributed by atoms with E-state index in [-0.39, 0.29) is 6.10 Å². The van der Waals surface area contributed by atoms with Crippen molar-refractivity contribution < 1.29 is 14.6 Å². The molecule has 6 heteroatoms. The molecule has 0 bridgehead atoms. The molecule has 1 fully saturated rings. The largest absolute Gasteiger partial charge is 0.390 e. The Labute approximate surface area is 188 Å². The molecule has 2 heterocycles. The van der Waals surface area contributed by atoms with Crippen LogP contribution in [0.5, 0.6) is 0 Å². The van der Waals surface area contributed by atoms with Crippen molar-refractivity contribution in [2.45, 2.75) is 71.3 Å². The van der Waals surface area contributed by atoms with E-state index in [1.807, 2.05) is 18.2 Å². The lowest BCUT2D eigenvalue weighted by atomic mass is 10.1. The first-order valence-corrected chi connectivity index (χ1v) is 12.8. The Morgan fingerprint density at radius 3 is 2.53 bits per heavy atom. The molecule has 174 valence electrons. The standard InChI is InChI=1S/C12H19NO2S.C12H25NO/c1-2-7-15-8-12(14)10-16-9-11-5-3-4-6-13-11;1-4-8-14-10-11(2)9-13-7-5-6-12(13)3/h3-6,12,14H,2,7-10H2,1H3;11-12H,4-10H2,1-3H3/t;11?,12-/m.1/s1. The second kappa shape index (κ2) is 18.0. The fourth-order valence-electron chi connectivity index (χ4n) is 3.34. The van der Waals surface area contributed by atoms with Gasteiger partial charge < -0.3 is 19.5 Å². The van der Waals surface area contributed by atoms with E-state index < -0.39 is 0 Å². The molecule has 1 saturated heterocycles. The highest BCUT2D eigenvalue weighted by molar-refractivity contribution is 7.98. The van der Waals surface area contributed by atoms with Gasteiger partial charge in [0, 0.05) is 43.5 Å². The zero-order valence-corrected chi connectivity index (χ0v) is 20.4. The third-order valence-corrected chi connectivity index (χ3v) is 6.05. The Bertz CT molecular complexity index is 506. The molecule has 0 saturated carbocycles. The van der Waals surface area contributed by atoms with Crippen molar-refractivity contribution in [1.82, 2.24) is 9.88 Å². The van der Waals surface area contributed by atoms with Gasteiger partial charge in [0.1, 0.15) is 0 Å². The molecule has 0 aliphatic carbocycles. The van der Waals surface area contributed by atoms with Gasteiger partial charge in [0.05, 0.1) is 25.0 Å². The van der Waals surface area contributed by atoms with Crippen molar-refractivity contribution in [3.63, 3.8) is 0 Å². The van der Waals surface area contributed by atoms with Crippen LogP contribution in [0, 0.1) is 5.92 Å². The molecule has 2 unspecified atom stereocenters. The van der Waals surface area contributed by atoms with Crippen LogP contribution in [0.15, 0.2) is 24.4 Å². The fourth-order valence-corrected chi connectivity index (χ4v) is 4.21. The minimum atomic E-state index is -0.375. The van der Waals surface area contributed by atoms with E-state index in [4.69, 9.17) is 9.47 Å². The van der Waals surface area contributed by atoms with Crippen molar-refractivity contribution in [3.8, 4) is 0 Å². The second-order valence-corrected chi connectivity index (χ2v) is 9.26. The predicted octanol–water partition coefficient (Wildman–Crippen LogP) is 4.64. The number of aromatic nitrogens is 1. The summed E-state index contributed by atoms with van der Waals surface area (Å²) in [6.45, 7) is 14.4. The number of aliphatic hydroxyl groups excluding tert-OH is 1. The average molecular weight is 441 g/mol. The first-order chi connectivity index (χ1) is 14.6. The van der Waals surface area contributed by atoms with E-state index in [1.54, 1.807) is 18.0 Å². The van der Waals surface area contributed by atoms with Crippen molar-refractivity contribution in [1.29, 1.82) is 0 Å². The number of rotatable bonds is 14. The van der Waals surface area contributed by atoms with Gasteiger partial charge in [-0.15, -0.1) is 0 Å². The number of likely N-dealkylation sites (tertiary alicyclic amines) is 1. The van der Waals surface area contributed by atoms with E-state index >= 15 is 0 Å². The maximum absolute atomic E-state index is 9.59. The van der Waals surface area contributed by atoms with Crippen molar-refractivity contribution >= 4 is 11.8 Å². The number of pyridine rings is 1. The quantitative estimate of drug-likeness (QED) is 0.426. The summed E-state index contributed by atoms with van der Waals surface area (Å²) in [7, 11) is 0. The van der Waals surface area contributed by atoms with Gasteiger partial charge in [-0.25, -0.2) is 0 Å². The van der Waals surface area contributed by atoms with Crippen LogP contribution >= 0.6 is 11.8 Å². The van der Waals surface area contributed by atoms with Gasteiger partial charge in [0.15, 0.2) is 0 Å². The molecule has 30 heavy (non-hydrogen) atoms. The van der Waals surface area contributed by atoms with Crippen molar-refractivity contribution in [2.24, 2.45) is 5.92 Å². The molecular weight excluding hydrogens is 396 g/mol. The van der Waals surface area contributed by atoms with Gasteiger partial charge in [-0.2, -0.15) is 11.8 Å². The summed E-state index contributed by atoms with van der Waals surface area (Å²) in [6, 6.07) is 6.67. The molecule has 0 aromatic carbocycles. The minimum Gasteiger partial charge on any atom is -0.390 e. The molecule has 2 rings (SSSR count). The lowest BCUT2D eigenvalue weighted by molar-refractivity contribution is 0.0489. The van der Waals surface area contributed by atoms with Gasteiger partial charge >= 0.3 is 0 Å². The Kier molecular flexibility index (Phi) is 16.4. The fraction of sp³-hybridized carbons (Fsp3) is 0.792.